The predicted molar refractivity (Wildman–Crippen MR) is 46.1 cm³/mol. The van der Waals surface area contributed by atoms with E-state index in [1.165, 1.54) is 0 Å². The Labute approximate surface area is 72.0 Å². The fourth-order valence-electron chi connectivity index (χ4n) is 0.939. The van der Waals surface area contributed by atoms with E-state index in [1.54, 1.807) is 6.92 Å². The van der Waals surface area contributed by atoms with Gasteiger partial charge in [-0.3, -0.25) is 4.79 Å². The highest BCUT2D eigenvalue weighted by atomic mass is 32.2. The van der Waals surface area contributed by atoms with Crippen molar-refractivity contribution in [2.75, 3.05) is 12.3 Å². The first kappa shape index (κ1) is 11.4. The molecule has 1 amide bonds. The molecule has 1 unspecified atom stereocenters. The summed E-state index contributed by atoms with van der Waals surface area (Å²) >= 11 is 0. The lowest BCUT2D eigenvalue weighted by Gasteiger charge is -2.10. The Balaban J connectivity index is 4.61. The van der Waals surface area contributed by atoms with Gasteiger partial charge in [0.25, 0.3) is 0 Å². The van der Waals surface area contributed by atoms with Gasteiger partial charge in [-0.1, -0.05) is 6.92 Å². The number of nitrogens with two attached hydrogens (primary N) is 2. The summed E-state index contributed by atoms with van der Waals surface area (Å²) in [6, 6.07) is 0. The largest absolute Gasteiger partial charge is 0.369 e. The van der Waals surface area contributed by atoms with Gasteiger partial charge in [0, 0.05) is 6.54 Å². The third-order valence-corrected chi connectivity index (χ3v) is 3.76. The molecule has 0 saturated carbocycles. The SMILES string of the molecule is CCC(C(N)=O)S(=O)(=O)CCN. The van der Waals surface area contributed by atoms with E-state index in [1.807, 2.05) is 0 Å². The zero-order valence-corrected chi connectivity index (χ0v) is 7.80. The van der Waals surface area contributed by atoms with Crippen LogP contribution in [0.25, 0.3) is 0 Å². The summed E-state index contributed by atoms with van der Waals surface area (Å²) in [6.07, 6.45) is 0.206. The first-order valence-corrected chi connectivity index (χ1v) is 5.38. The molecular weight excluding hydrogens is 180 g/mol. The average molecular weight is 194 g/mol. The molecule has 0 aromatic heterocycles. The topological polar surface area (TPSA) is 103 Å². The molecule has 0 spiro atoms. The van der Waals surface area contributed by atoms with Gasteiger partial charge in [0.05, 0.1) is 5.75 Å². The van der Waals surface area contributed by atoms with Gasteiger partial charge in [0.15, 0.2) is 9.84 Å². The minimum absolute atomic E-state index is 0.0200. The standard InChI is InChI=1S/C6H14N2O3S/c1-2-5(6(8)9)12(10,11)4-3-7/h5H,2-4,7H2,1H3,(H2,8,9). The maximum Gasteiger partial charge on any atom is 0.235 e. The summed E-state index contributed by atoms with van der Waals surface area (Å²) in [7, 11) is -3.42. The second kappa shape index (κ2) is 4.42. The van der Waals surface area contributed by atoms with Gasteiger partial charge in [-0.15, -0.1) is 0 Å². The molecule has 1 atom stereocenters. The molecule has 6 heteroatoms. The second-order valence-electron chi connectivity index (χ2n) is 2.45. The van der Waals surface area contributed by atoms with Crippen molar-refractivity contribution in [1.82, 2.24) is 0 Å². The van der Waals surface area contributed by atoms with Crippen LogP contribution in [0, 0.1) is 0 Å². The van der Waals surface area contributed by atoms with Gasteiger partial charge < -0.3 is 11.5 Å². The van der Waals surface area contributed by atoms with Crippen LogP contribution >= 0.6 is 0 Å². The maximum absolute atomic E-state index is 11.2. The first-order chi connectivity index (χ1) is 5.45. The summed E-state index contributed by atoms with van der Waals surface area (Å²) in [6.45, 7) is 1.62. The molecule has 0 rings (SSSR count). The van der Waals surface area contributed by atoms with Crippen LogP contribution in [0.2, 0.25) is 0 Å². The van der Waals surface area contributed by atoms with Crippen LogP contribution < -0.4 is 11.5 Å². The van der Waals surface area contributed by atoms with Crippen molar-refractivity contribution < 1.29 is 13.2 Å². The monoisotopic (exact) mass is 194 g/mol. The van der Waals surface area contributed by atoms with Crippen LogP contribution in [0.5, 0.6) is 0 Å². The molecule has 0 saturated heterocycles. The van der Waals surface area contributed by atoms with Crippen molar-refractivity contribution >= 4 is 15.7 Å². The van der Waals surface area contributed by atoms with E-state index in [-0.39, 0.29) is 18.7 Å². The van der Waals surface area contributed by atoms with Crippen LogP contribution in [0.15, 0.2) is 0 Å². The van der Waals surface area contributed by atoms with Gasteiger partial charge in [-0.25, -0.2) is 8.42 Å². The lowest BCUT2D eigenvalue weighted by atomic mass is 10.3. The zero-order valence-electron chi connectivity index (χ0n) is 6.99. The molecule has 0 bridgehead atoms. The Morgan fingerprint density at radius 3 is 2.25 bits per heavy atom. The van der Waals surface area contributed by atoms with Crippen molar-refractivity contribution in [3.63, 3.8) is 0 Å². The van der Waals surface area contributed by atoms with E-state index >= 15 is 0 Å². The third kappa shape index (κ3) is 2.78. The molecule has 0 aromatic carbocycles. The number of carbonyl (C=O) groups excluding carboxylic acids is 1. The molecule has 0 radical (unpaired) electrons. The van der Waals surface area contributed by atoms with Gasteiger partial charge in [0.1, 0.15) is 5.25 Å². The molecule has 0 aliphatic rings. The van der Waals surface area contributed by atoms with Gasteiger partial charge >= 0.3 is 0 Å². The van der Waals surface area contributed by atoms with Crippen molar-refractivity contribution in [2.45, 2.75) is 18.6 Å². The van der Waals surface area contributed by atoms with Gasteiger partial charge in [0.2, 0.25) is 5.91 Å². The van der Waals surface area contributed by atoms with E-state index < -0.39 is 21.0 Å². The van der Waals surface area contributed by atoms with E-state index in [9.17, 15) is 13.2 Å². The minimum Gasteiger partial charge on any atom is -0.369 e. The average Bonchev–Trinajstić information content (AvgIpc) is 1.86. The zero-order chi connectivity index (χ0) is 9.78. The number of amides is 1. The van der Waals surface area contributed by atoms with Crippen LogP contribution in [-0.2, 0) is 14.6 Å². The fraction of sp³-hybridized carbons (Fsp3) is 0.833. The van der Waals surface area contributed by atoms with Crippen LogP contribution in [-0.4, -0.2) is 31.9 Å². The van der Waals surface area contributed by atoms with Crippen LogP contribution in [0.4, 0.5) is 0 Å². The second-order valence-corrected chi connectivity index (χ2v) is 4.76. The summed E-state index contributed by atoms with van der Waals surface area (Å²) in [5.74, 6) is -0.986. The molecule has 0 heterocycles. The van der Waals surface area contributed by atoms with Gasteiger partial charge in [-0.2, -0.15) is 0 Å². The van der Waals surface area contributed by atoms with E-state index in [4.69, 9.17) is 11.5 Å². The summed E-state index contributed by atoms with van der Waals surface area (Å²) in [5.41, 5.74) is 9.98. The molecule has 5 nitrogen and oxygen atoms in total. The molecule has 0 aliphatic carbocycles. The Hall–Kier alpha value is -0.620. The van der Waals surface area contributed by atoms with E-state index in [0.29, 0.717) is 0 Å². The molecule has 72 valence electrons. The van der Waals surface area contributed by atoms with Crippen molar-refractivity contribution in [1.29, 1.82) is 0 Å². The van der Waals surface area contributed by atoms with Gasteiger partial charge in [-0.05, 0) is 6.42 Å². The number of primary amides is 1. The smallest absolute Gasteiger partial charge is 0.235 e. The highest BCUT2D eigenvalue weighted by Crippen LogP contribution is 2.05. The number of carbonyl (C=O) groups is 1. The maximum atomic E-state index is 11.2. The minimum atomic E-state index is -3.42. The summed E-state index contributed by atoms with van der Waals surface area (Å²) in [5, 5.41) is -1.08. The predicted octanol–water partition coefficient (Wildman–Crippen LogP) is -1.38. The molecule has 0 aromatic rings. The van der Waals surface area contributed by atoms with Crippen molar-refractivity contribution in [2.24, 2.45) is 11.5 Å². The summed E-state index contributed by atoms with van der Waals surface area (Å²) < 4.78 is 22.4. The Morgan fingerprint density at radius 2 is 2.00 bits per heavy atom. The molecule has 0 fully saturated rings. The number of rotatable bonds is 5. The van der Waals surface area contributed by atoms with Crippen molar-refractivity contribution in [3.05, 3.63) is 0 Å². The first-order valence-electron chi connectivity index (χ1n) is 3.66. The third-order valence-electron chi connectivity index (χ3n) is 1.52. The number of hydrogen-bond acceptors (Lipinski definition) is 4. The lowest BCUT2D eigenvalue weighted by Crippen LogP contribution is -2.38. The van der Waals surface area contributed by atoms with Crippen LogP contribution in [0.3, 0.4) is 0 Å². The highest BCUT2D eigenvalue weighted by Gasteiger charge is 2.27. The Bertz CT molecular complexity index is 248. The molecule has 4 N–H and O–H groups in total. The quantitative estimate of drug-likeness (QED) is 0.563. The highest BCUT2D eigenvalue weighted by molar-refractivity contribution is 7.92. The molecule has 0 aliphatic heterocycles. The van der Waals surface area contributed by atoms with E-state index in [2.05, 4.69) is 0 Å². The lowest BCUT2D eigenvalue weighted by molar-refractivity contribution is -0.117. The van der Waals surface area contributed by atoms with Crippen LogP contribution in [0.1, 0.15) is 13.3 Å². The summed E-state index contributed by atoms with van der Waals surface area (Å²) in [4.78, 5) is 10.7. The normalized spacial score (nSPS) is 14.2. The fourth-order valence-corrected chi connectivity index (χ4v) is 2.41. The molecular formula is C6H14N2O3S. The number of hydrogen-bond donors (Lipinski definition) is 2. The molecule has 12 heavy (non-hydrogen) atoms. The number of sulfone groups is 1. The Morgan fingerprint density at radius 1 is 1.50 bits per heavy atom. The van der Waals surface area contributed by atoms with E-state index in [0.717, 1.165) is 0 Å². The Kier molecular flexibility index (Phi) is 4.19. The van der Waals surface area contributed by atoms with Crippen molar-refractivity contribution in [3.8, 4) is 0 Å².